The number of aliphatic hydroxyl groups excluding tert-OH is 10. The molecule has 1 aliphatic rings. The average Bonchev–Trinajstić information content (AvgIpc) is 3.11. The highest BCUT2D eigenvalue weighted by Crippen LogP contribution is 2.22. The van der Waals surface area contributed by atoms with Crippen molar-refractivity contribution in [2.24, 2.45) is 0 Å². The number of hydrogen-bond acceptors (Lipinski definition) is 14. The number of carbonyl (C=O) groups excluding carboxylic acids is 1. The van der Waals surface area contributed by atoms with Crippen LogP contribution in [0.2, 0.25) is 0 Å². The fraction of sp³-hybridized carbons (Fsp3) is 0.914. The van der Waals surface area contributed by atoms with E-state index in [1.54, 1.807) is 6.08 Å². The molecular weight excluding hydrogens is 642 g/mol. The summed E-state index contributed by atoms with van der Waals surface area (Å²) in [5, 5.41) is 97.1. The maximum atomic E-state index is 10.8. The molecule has 0 aromatic heterocycles. The second kappa shape index (κ2) is 30.5. The van der Waals surface area contributed by atoms with Gasteiger partial charge in [-0.2, -0.15) is 0 Å². The van der Waals surface area contributed by atoms with Gasteiger partial charge in [-0.25, -0.2) is 0 Å². The first-order valence-corrected chi connectivity index (χ1v) is 18.3. The Kier molecular flexibility index (Phi) is 29.8. The highest BCUT2D eigenvalue weighted by molar-refractivity contribution is 5.56. The number of nitrogens with one attached hydrogen (secondary N) is 1. The van der Waals surface area contributed by atoms with E-state index >= 15 is 0 Å². The molecule has 49 heavy (non-hydrogen) atoms. The van der Waals surface area contributed by atoms with Crippen LogP contribution in [0.3, 0.4) is 0 Å². The summed E-state index contributed by atoms with van der Waals surface area (Å²) in [5.41, 5.74) is 0. The van der Waals surface area contributed by atoms with Gasteiger partial charge in [0.25, 0.3) is 0 Å². The van der Waals surface area contributed by atoms with Gasteiger partial charge in [-0.05, 0) is 25.8 Å². The maximum Gasteiger partial charge on any atom is 0.186 e. The lowest BCUT2D eigenvalue weighted by Crippen LogP contribution is -2.59. The van der Waals surface area contributed by atoms with Crippen molar-refractivity contribution in [3.8, 4) is 0 Å². The summed E-state index contributed by atoms with van der Waals surface area (Å²) >= 11 is 0. The van der Waals surface area contributed by atoms with Crippen molar-refractivity contribution < 1.29 is 65.3 Å². The van der Waals surface area contributed by atoms with E-state index in [-0.39, 0.29) is 12.9 Å². The van der Waals surface area contributed by atoms with E-state index < -0.39 is 80.5 Å². The van der Waals surface area contributed by atoms with Gasteiger partial charge in [-0.15, -0.1) is 0 Å². The zero-order chi connectivity index (χ0) is 37.0. The first-order valence-electron chi connectivity index (χ1n) is 18.3. The van der Waals surface area contributed by atoms with Crippen LogP contribution in [0, 0.1) is 0 Å². The summed E-state index contributed by atoms with van der Waals surface area (Å²) < 4.78 is 11.1. The smallest absolute Gasteiger partial charge is 0.186 e. The van der Waals surface area contributed by atoms with E-state index in [9.17, 15) is 30.3 Å². The van der Waals surface area contributed by atoms with Crippen molar-refractivity contribution in [3.05, 3.63) is 12.2 Å². The molecule has 11 atom stereocenters. The van der Waals surface area contributed by atoms with Crippen LogP contribution in [-0.2, 0) is 14.3 Å². The van der Waals surface area contributed by atoms with Gasteiger partial charge < -0.3 is 70.7 Å². The predicted molar refractivity (Wildman–Crippen MR) is 184 cm³/mol. The van der Waals surface area contributed by atoms with Crippen LogP contribution in [0.1, 0.15) is 110 Å². The van der Waals surface area contributed by atoms with Crippen LogP contribution < -0.4 is 5.32 Å². The van der Waals surface area contributed by atoms with Gasteiger partial charge in [-0.1, -0.05) is 103 Å². The van der Waals surface area contributed by atoms with Crippen molar-refractivity contribution in [1.29, 1.82) is 0 Å². The summed E-state index contributed by atoms with van der Waals surface area (Å²) in [4.78, 5) is 9.90. The third-order valence-corrected chi connectivity index (χ3v) is 8.62. The second-order valence-electron chi connectivity index (χ2n) is 12.9. The minimum atomic E-state index is -1.79. The molecule has 14 nitrogen and oxygen atoms in total. The van der Waals surface area contributed by atoms with E-state index in [4.69, 9.17) is 35.0 Å². The number of hydrogen-bond donors (Lipinski definition) is 11. The molecule has 0 spiro atoms. The van der Waals surface area contributed by atoms with Gasteiger partial charge in [0.05, 0.1) is 32.0 Å². The van der Waals surface area contributed by atoms with Crippen molar-refractivity contribution in [1.82, 2.24) is 5.32 Å². The van der Waals surface area contributed by atoms with Crippen LogP contribution in [0.15, 0.2) is 12.2 Å². The standard InChI is InChI=1S/C29H57NO7.C6H12O6/c1-3-5-7-8-9-10-11-12-13-14-15-16-17-19-24(32)23(30-20-18-6-4-2)22-36-29-28(35)27(34)26(33)25(21-31)37-29;7-1-3(9)5(11)6(12)4(10)2-8/h17,19,23-35H,3-16,18,20-22H2,1-2H3;1,3-6,8-12H,2H2/b19-17+;/t23?,24?,25-,26-,27+,28-,29-;/m1./s1. The molecule has 1 fully saturated rings. The lowest BCUT2D eigenvalue weighted by atomic mass is 9.99. The highest BCUT2D eigenvalue weighted by Gasteiger charge is 2.44. The molecule has 0 aliphatic carbocycles. The molecule has 11 N–H and O–H groups in total. The normalized spacial score (nSPS) is 24.9. The number of unbranched alkanes of at least 4 members (excludes halogenated alkanes) is 13. The Balaban J connectivity index is 0.00000162. The van der Waals surface area contributed by atoms with Crippen LogP contribution in [0.4, 0.5) is 0 Å². The molecule has 0 amide bonds. The molecule has 1 heterocycles. The van der Waals surface area contributed by atoms with Crippen LogP contribution in [-0.4, -0.2) is 151 Å². The van der Waals surface area contributed by atoms with E-state index in [0.717, 1.165) is 38.6 Å². The quantitative estimate of drug-likeness (QED) is 0.0295. The molecule has 0 bridgehead atoms. The molecule has 6 unspecified atom stereocenters. The number of allylic oxidation sites excluding steroid dienone is 1. The Morgan fingerprint density at radius 3 is 1.80 bits per heavy atom. The third kappa shape index (κ3) is 21.1. The van der Waals surface area contributed by atoms with Gasteiger partial charge in [-0.3, -0.25) is 0 Å². The van der Waals surface area contributed by atoms with E-state index in [1.165, 1.54) is 64.2 Å². The molecule has 0 saturated carbocycles. The number of carbonyl (C=O) groups is 1. The van der Waals surface area contributed by atoms with E-state index in [0.29, 0.717) is 0 Å². The molecule has 14 heteroatoms. The Hall–Kier alpha value is -1.11. The van der Waals surface area contributed by atoms with E-state index in [1.807, 2.05) is 6.08 Å². The minimum absolute atomic E-state index is 0.0258. The summed E-state index contributed by atoms with van der Waals surface area (Å²) in [6, 6.07) is -0.419. The fourth-order valence-corrected chi connectivity index (χ4v) is 5.26. The van der Waals surface area contributed by atoms with Gasteiger partial charge in [0.2, 0.25) is 0 Å². The molecule has 1 rings (SSSR count). The Morgan fingerprint density at radius 2 is 1.27 bits per heavy atom. The van der Waals surface area contributed by atoms with Crippen molar-refractivity contribution in [2.45, 2.75) is 177 Å². The largest absolute Gasteiger partial charge is 0.394 e. The summed E-state index contributed by atoms with van der Waals surface area (Å²) in [6.07, 6.45) is 8.05. The Labute approximate surface area is 292 Å². The molecule has 0 radical (unpaired) electrons. The topological polar surface area (TPSA) is 250 Å². The number of rotatable bonds is 28. The van der Waals surface area contributed by atoms with E-state index in [2.05, 4.69) is 19.2 Å². The minimum Gasteiger partial charge on any atom is -0.394 e. The molecule has 1 aliphatic heterocycles. The molecule has 1 saturated heterocycles. The average molecular weight is 712 g/mol. The molecular formula is C35H69NO13. The Morgan fingerprint density at radius 1 is 0.714 bits per heavy atom. The van der Waals surface area contributed by atoms with Crippen molar-refractivity contribution >= 4 is 6.29 Å². The first kappa shape index (κ1) is 47.9. The van der Waals surface area contributed by atoms with Crippen LogP contribution >= 0.6 is 0 Å². The molecule has 0 aromatic rings. The first-order chi connectivity index (χ1) is 23.5. The van der Waals surface area contributed by atoms with Crippen molar-refractivity contribution in [2.75, 3.05) is 26.4 Å². The summed E-state index contributed by atoms with van der Waals surface area (Å²) in [6.45, 7) is 3.88. The van der Waals surface area contributed by atoms with Gasteiger partial charge in [0, 0.05) is 0 Å². The Bertz CT molecular complexity index is 793. The van der Waals surface area contributed by atoms with Crippen LogP contribution in [0.25, 0.3) is 0 Å². The third-order valence-electron chi connectivity index (χ3n) is 8.62. The number of ether oxygens (including phenoxy) is 2. The zero-order valence-corrected chi connectivity index (χ0v) is 29.7. The predicted octanol–water partition coefficient (Wildman–Crippen LogP) is 0.191. The lowest BCUT2D eigenvalue weighted by molar-refractivity contribution is -0.302. The highest BCUT2D eigenvalue weighted by atomic mass is 16.7. The summed E-state index contributed by atoms with van der Waals surface area (Å²) in [7, 11) is 0. The summed E-state index contributed by atoms with van der Waals surface area (Å²) in [5.74, 6) is 0. The molecule has 0 aromatic carbocycles. The monoisotopic (exact) mass is 711 g/mol. The van der Waals surface area contributed by atoms with Gasteiger partial charge >= 0.3 is 0 Å². The SMILES string of the molecule is CCCCCCCCCCCCC/C=C/C(O)C(CO[C@@H]1O[C@H](CO)[C@@H](O)[C@H](O)[C@H]1O)NCCCCC.O=CC(O)C(O)C(O)C(O)CO. The van der Waals surface area contributed by atoms with Gasteiger partial charge in [0.1, 0.15) is 48.8 Å². The van der Waals surface area contributed by atoms with Gasteiger partial charge in [0.15, 0.2) is 12.6 Å². The maximum absolute atomic E-state index is 10.8. The lowest BCUT2D eigenvalue weighted by Gasteiger charge is -2.40. The second-order valence-corrected chi connectivity index (χ2v) is 12.9. The number of aliphatic hydroxyl groups is 10. The zero-order valence-electron chi connectivity index (χ0n) is 29.7. The number of aldehydes is 1. The fourth-order valence-electron chi connectivity index (χ4n) is 5.26. The molecule has 292 valence electrons. The van der Waals surface area contributed by atoms with Crippen LogP contribution in [0.5, 0.6) is 0 Å². The van der Waals surface area contributed by atoms with Crippen molar-refractivity contribution in [3.63, 3.8) is 0 Å².